The van der Waals surface area contributed by atoms with Gasteiger partial charge in [-0.3, -0.25) is 14.4 Å². The van der Waals surface area contributed by atoms with Crippen molar-refractivity contribution in [2.75, 3.05) is 79.6 Å². The zero-order valence-electron chi connectivity index (χ0n) is 34.5. The molecule has 320 valence electrons. The molecule has 0 bridgehead atoms. The first-order chi connectivity index (χ1) is 27.4. The second-order valence-corrected chi connectivity index (χ2v) is 16.4. The Kier molecular flexibility index (Phi) is 19.7. The monoisotopic (exact) mass is 819 g/mol. The predicted octanol–water partition coefficient (Wildman–Crippen LogP) is 3.92. The van der Waals surface area contributed by atoms with E-state index in [0.717, 1.165) is 38.5 Å². The fourth-order valence-electron chi connectivity index (χ4n) is 6.85. The fourth-order valence-corrected chi connectivity index (χ4v) is 7.79. The van der Waals surface area contributed by atoms with Gasteiger partial charge in [-0.05, 0) is 78.5 Å². The van der Waals surface area contributed by atoms with Crippen LogP contribution in [0.15, 0.2) is 29.6 Å². The van der Waals surface area contributed by atoms with E-state index in [0.29, 0.717) is 101 Å². The molecule has 1 aliphatic carbocycles. The van der Waals surface area contributed by atoms with Crippen LogP contribution in [0.5, 0.6) is 5.75 Å². The van der Waals surface area contributed by atoms with Crippen molar-refractivity contribution in [3.8, 4) is 5.75 Å². The molecule has 2 amide bonds. The number of benzene rings is 1. The number of ether oxygens (including phenoxy) is 6. The van der Waals surface area contributed by atoms with Crippen LogP contribution in [0.4, 0.5) is 0 Å². The maximum absolute atomic E-state index is 14.4. The number of aliphatic hydroxyl groups is 1. The molecule has 1 saturated heterocycles. The van der Waals surface area contributed by atoms with Crippen molar-refractivity contribution in [2.24, 2.45) is 11.7 Å². The molecule has 1 aromatic heterocycles. The Balaban J connectivity index is 1.29. The largest absolute Gasteiger partial charge is 0.491 e. The molecule has 1 aromatic carbocycles. The number of hydrogen-bond donors (Lipinski definition) is 3. The Morgan fingerprint density at radius 2 is 1.58 bits per heavy atom. The minimum Gasteiger partial charge on any atom is -0.491 e. The van der Waals surface area contributed by atoms with Gasteiger partial charge in [0.2, 0.25) is 24.0 Å². The van der Waals surface area contributed by atoms with Crippen LogP contribution in [0.25, 0.3) is 0 Å². The molecule has 2 aliphatic rings. The molecule has 0 spiro atoms. The zero-order valence-corrected chi connectivity index (χ0v) is 35.3. The first-order valence-corrected chi connectivity index (χ1v) is 21.2. The number of likely N-dealkylation sites (tertiary alicyclic amines) is 1. The number of likely N-dealkylation sites (N-methyl/N-ethyl adjacent to an activating group) is 1. The third-order valence-corrected chi connectivity index (χ3v) is 11.0. The second-order valence-electron chi connectivity index (χ2n) is 15.5. The van der Waals surface area contributed by atoms with Crippen LogP contribution in [0.2, 0.25) is 0 Å². The molecule has 1 aliphatic heterocycles. The lowest BCUT2D eigenvalue weighted by Gasteiger charge is -2.37. The number of aromatic nitrogens is 1. The molecule has 0 radical (unpaired) electrons. The average molecular weight is 820 g/mol. The Labute approximate surface area is 341 Å². The van der Waals surface area contributed by atoms with E-state index < -0.39 is 24.1 Å². The molecule has 15 nitrogen and oxygen atoms in total. The number of nitrogens with two attached hydrogens (primary N) is 1. The lowest BCUT2D eigenvalue weighted by molar-refractivity contribution is -0.239. The number of amides is 2. The van der Waals surface area contributed by atoms with Crippen molar-refractivity contribution in [1.82, 2.24) is 20.1 Å². The standard InChI is InChI=1S/C41H65N5O10S/c1-29(45(5)40(50)56-41(2,3)4)37(48)44-35(30-11-7-6-8-12-30)39(49)46-17-10-15-34(46)38-43-33(28-57-38)36(47)31-13-9-14-32(27-31)55-26-25-54-24-23-53-22-21-52-20-19-51-18-16-42/h9,13-14,27-30,34-35,40,50H,6-8,10-12,15-26,42H2,1-5H3,(H,44,48)/t29-,34-,35-,40?/m0/s1. The number of nitrogens with zero attached hydrogens (tertiary/aromatic N) is 3. The molecule has 2 aromatic rings. The minimum atomic E-state index is -1.29. The van der Waals surface area contributed by atoms with E-state index in [1.165, 1.54) is 16.2 Å². The summed E-state index contributed by atoms with van der Waals surface area (Å²) in [6.45, 7) is 12.2. The molecule has 4 rings (SSSR count). The summed E-state index contributed by atoms with van der Waals surface area (Å²) in [6, 6.07) is 5.23. The molecular weight excluding hydrogens is 755 g/mol. The maximum Gasteiger partial charge on any atom is 0.246 e. The van der Waals surface area contributed by atoms with Crippen LogP contribution < -0.4 is 15.8 Å². The van der Waals surface area contributed by atoms with Crippen molar-refractivity contribution < 1.29 is 47.9 Å². The summed E-state index contributed by atoms with van der Waals surface area (Å²) in [5.41, 5.74) is 5.52. The number of thiazole rings is 1. The molecular formula is C41H65N5O10S. The highest BCUT2D eigenvalue weighted by molar-refractivity contribution is 7.10. The van der Waals surface area contributed by atoms with Crippen LogP contribution in [-0.2, 0) is 33.3 Å². The summed E-state index contributed by atoms with van der Waals surface area (Å²) in [7, 11) is 1.62. The maximum atomic E-state index is 14.4. The summed E-state index contributed by atoms with van der Waals surface area (Å²) in [5.74, 6) is -0.165. The second kappa shape index (κ2) is 24.1. The summed E-state index contributed by atoms with van der Waals surface area (Å²) in [4.78, 5) is 49.7. The van der Waals surface area contributed by atoms with Gasteiger partial charge in [-0.25, -0.2) is 9.88 Å². The average Bonchev–Trinajstić information content (AvgIpc) is 3.89. The highest BCUT2D eigenvalue weighted by Gasteiger charge is 2.41. The summed E-state index contributed by atoms with van der Waals surface area (Å²) >= 11 is 1.37. The lowest BCUT2D eigenvalue weighted by atomic mass is 9.83. The summed E-state index contributed by atoms with van der Waals surface area (Å²) < 4.78 is 33.3. The molecule has 4 N–H and O–H groups in total. The Morgan fingerprint density at radius 1 is 0.947 bits per heavy atom. The van der Waals surface area contributed by atoms with E-state index in [1.54, 1.807) is 43.6 Å². The van der Waals surface area contributed by atoms with Gasteiger partial charge in [-0.15, -0.1) is 11.3 Å². The van der Waals surface area contributed by atoms with Gasteiger partial charge in [0.1, 0.15) is 29.1 Å². The van der Waals surface area contributed by atoms with E-state index >= 15 is 0 Å². The normalized spacial score (nSPS) is 18.1. The number of nitrogens with one attached hydrogen (secondary N) is 1. The van der Waals surface area contributed by atoms with Crippen molar-refractivity contribution in [3.05, 3.63) is 45.9 Å². The number of carbonyl (C=O) groups excluding carboxylic acids is 3. The van der Waals surface area contributed by atoms with Crippen LogP contribution in [-0.4, -0.2) is 141 Å². The van der Waals surface area contributed by atoms with Gasteiger partial charge >= 0.3 is 0 Å². The topological polar surface area (TPSA) is 184 Å². The van der Waals surface area contributed by atoms with Crippen LogP contribution in [0, 0.1) is 5.92 Å². The van der Waals surface area contributed by atoms with Gasteiger partial charge in [0.05, 0.1) is 70.5 Å². The third-order valence-electron chi connectivity index (χ3n) is 10.0. The van der Waals surface area contributed by atoms with Gasteiger partial charge in [-0.1, -0.05) is 31.4 Å². The van der Waals surface area contributed by atoms with Crippen molar-refractivity contribution >= 4 is 28.9 Å². The zero-order chi connectivity index (χ0) is 41.2. The van der Waals surface area contributed by atoms with Gasteiger partial charge in [0.15, 0.2) is 0 Å². The first-order valence-electron chi connectivity index (χ1n) is 20.3. The number of carbonyl (C=O) groups is 3. The molecule has 2 fully saturated rings. The fraction of sp³-hybridized carbons (Fsp3) is 0.707. The van der Waals surface area contributed by atoms with Gasteiger partial charge in [0.25, 0.3) is 0 Å². The number of aliphatic hydroxyl groups excluding tert-OH is 1. The summed E-state index contributed by atoms with van der Waals surface area (Å²) in [5, 5.41) is 16.2. The first kappa shape index (κ1) is 46.6. The van der Waals surface area contributed by atoms with E-state index in [4.69, 9.17) is 39.1 Å². The van der Waals surface area contributed by atoms with Gasteiger partial charge in [-0.2, -0.15) is 0 Å². The molecule has 1 unspecified atom stereocenters. The molecule has 1 saturated carbocycles. The minimum absolute atomic E-state index is 0.00192. The highest BCUT2D eigenvalue weighted by atomic mass is 32.1. The molecule has 57 heavy (non-hydrogen) atoms. The molecule has 16 heteroatoms. The third kappa shape index (κ3) is 15.2. The van der Waals surface area contributed by atoms with Crippen molar-refractivity contribution in [2.45, 2.75) is 103 Å². The Morgan fingerprint density at radius 3 is 2.21 bits per heavy atom. The van der Waals surface area contributed by atoms with Crippen molar-refractivity contribution in [3.63, 3.8) is 0 Å². The number of rotatable bonds is 25. The molecule has 2 heterocycles. The number of hydrogen-bond acceptors (Lipinski definition) is 14. The van der Waals surface area contributed by atoms with Crippen LogP contribution >= 0.6 is 11.3 Å². The Hall–Kier alpha value is -3.06. The van der Waals surface area contributed by atoms with Crippen molar-refractivity contribution in [1.29, 1.82) is 0 Å². The highest BCUT2D eigenvalue weighted by Crippen LogP contribution is 2.37. The Bertz CT molecular complexity index is 1520. The van der Waals surface area contributed by atoms with Crippen LogP contribution in [0.3, 0.4) is 0 Å². The lowest BCUT2D eigenvalue weighted by Crippen LogP contribution is -2.57. The smallest absolute Gasteiger partial charge is 0.246 e. The summed E-state index contributed by atoms with van der Waals surface area (Å²) in [6.07, 6.45) is 5.01. The number of ketones is 1. The quantitative estimate of drug-likeness (QED) is 0.0745. The van der Waals surface area contributed by atoms with E-state index in [1.807, 2.05) is 25.7 Å². The van der Waals surface area contributed by atoms with Gasteiger partial charge < -0.3 is 49.5 Å². The molecule has 4 atom stereocenters. The van der Waals surface area contributed by atoms with E-state index in [2.05, 4.69) is 5.32 Å². The van der Waals surface area contributed by atoms with E-state index in [9.17, 15) is 19.5 Å². The predicted molar refractivity (Wildman–Crippen MR) is 216 cm³/mol. The SMILES string of the molecule is C[C@@H](C(=O)N[C@H](C(=O)N1CCC[C@H]1c1nc(C(=O)c2cccc(OCCOCCOCCOCCOCCN)c2)cs1)C1CCCCC1)N(C)C(O)OC(C)(C)C. The van der Waals surface area contributed by atoms with Crippen LogP contribution in [0.1, 0.15) is 99.7 Å². The van der Waals surface area contributed by atoms with Gasteiger partial charge in [0, 0.05) is 24.0 Å². The van der Waals surface area contributed by atoms with E-state index in [-0.39, 0.29) is 29.6 Å².